The van der Waals surface area contributed by atoms with Crippen molar-refractivity contribution in [3.8, 4) is 5.69 Å². The third-order valence-electron chi connectivity index (χ3n) is 3.83. The molecular weight excluding hydrogens is 280 g/mol. The van der Waals surface area contributed by atoms with Crippen molar-refractivity contribution in [2.45, 2.75) is 19.0 Å². The Labute approximate surface area is 131 Å². The zero-order chi connectivity index (χ0) is 15.2. The number of benzene rings is 1. The molecule has 2 atom stereocenters. The van der Waals surface area contributed by atoms with E-state index in [0.29, 0.717) is 12.6 Å². The van der Waals surface area contributed by atoms with E-state index in [9.17, 15) is 0 Å². The third-order valence-corrected chi connectivity index (χ3v) is 4.64. The summed E-state index contributed by atoms with van der Waals surface area (Å²) >= 11 is 1.86. The highest BCUT2D eigenvalue weighted by Crippen LogP contribution is 2.22. The van der Waals surface area contributed by atoms with Gasteiger partial charge in [0.2, 0.25) is 0 Å². The Hall–Kier alpha value is -1.30. The number of para-hydroxylation sites is 1. The van der Waals surface area contributed by atoms with Gasteiger partial charge in [0.25, 0.3) is 0 Å². The summed E-state index contributed by atoms with van der Waals surface area (Å²) in [6.07, 6.45) is 6.14. The van der Waals surface area contributed by atoms with Gasteiger partial charge in [0, 0.05) is 30.1 Å². The van der Waals surface area contributed by atoms with Crippen molar-refractivity contribution in [3.05, 3.63) is 48.3 Å². The summed E-state index contributed by atoms with van der Waals surface area (Å²) in [5.41, 5.74) is 8.23. The summed E-state index contributed by atoms with van der Waals surface area (Å²) in [5.74, 6) is 1.10. The van der Waals surface area contributed by atoms with Crippen molar-refractivity contribution < 1.29 is 0 Å². The zero-order valence-corrected chi connectivity index (χ0v) is 13.8. The Morgan fingerprint density at radius 1 is 1.33 bits per heavy atom. The van der Waals surface area contributed by atoms with Crippen LogP contribution in [0.5, 0.6) is 0 Å². The van der Waals surface area contributed by atoms with E-state index in [0.717, 1.165) is 17.0 Å². The summed E-state index contributed by atoms with van der Waals surface area (Å²) in [4.78, 5) is 2.34. The molecule has 2 N–H and O–H groups in total. The van der Waals surface area contributed by atoms with Gasteiger partial charge in [0.1, 0.15) is 0 Å². The lowest BCUT2D eigenvalue weighted by atomic mass is 10.1. The second-order valence-corrected chi connectivity index (χ2v) is 6.19. The Kier molecular flexibility index (Phi) is 5.85. The average Bonchev–Trinajstić information content (AvgIpc) is 2.98. The molecule has 1 heterocycles. The van der Waals surface area contributed by atoms with E-state index < -0.39 is 0 Å². The van der Waals surface area contributed by atoms with Gasteiger partial charge in [-0.15, -0.1) is 0 Å². The quantitative estimate of drug-likeness (QED) is 0.854. The largest absolute Gasteiger partial charge is 0.329 e. The number of thioether (sulfide) groups is 1. The molecule has 21 heavy (non-hydrogen) atoms. The van der Waals surface area contributed by atoms with E-state index in [-0.39, 0.29) is 6.04 Å². The van der Waals surface area contributed by atoms with Crippen LogP contribution in [0.4, 0.5) is 0 Å². The van der Waals surface area contributed by atoms with Gasteiger partial charge in [-0.3, -0.25) is 4.90 Å². The van der Waals surface area contributed by atoms with E-state index in [4.69, 9.17) is 5.73 Å². The van der Waals surface area contributed by atoms with Crippen molar-refractivity contribution in [1.29, 1.82) is 0 Å². The molecule has 0 saturated heterocycles. The predicted molar refractivity (Wildman–Crippen MR) is 91.0 cm³/mol. The van der Waals surface area contributed by atoms with Gasteiger partial charge in [-0.25, -0.2) is 4.68 Å². The minimum atomic E-state index is 0.199. The van der Waals surface area contributed by atoms with Crippen LogP contribution in [0.3, 0.4) is 0 Å². The molecule has 0 fully saturated rings. The maximum absolute atomic E-state index is 6.00. The van der Waals surface area contributed by atoms with E-state index in [2.05, 4.69) is 36.4 Å². The Morgan fingerprint density at radius 2 is 2.05 bits per heavy atom. The van der Waals surface area contributed by atoms with Crippen LogP contribution in [0.1, 0.15) is 18.5 Å². The summed E-state index contributed by atoms with van der Waals surface area (Å²) in [7, 11) is 2.14. The molecule has 0 aliphatic carbocycles. The molecule has 0 radical (unpaired) electrons. The van der Waals surface area contributed by atoms with Gasteiger partial charge in [0.15, 0.2) is 0 Å². The van der Waals surface area contributed by atoms with Gasteiger partial charge in [-0.2, -0.15) is 16.9 Å². The fourth-order valence-corrected chi connectivity index (χ4v) is 3.15. The minimum Gasteiger partial charge on any atom is -0.329 e. The van der Waals surface area contributed by atoms with Crippen molar-refractivity contribution in [2.24, 2.45) is 5.73 Å². The minimum absolute atomic E-state index is 0.199. The number of nitrogens with zero attached hydrogens (tertiary/aromatic N) is 3. The maximum atomic E-state index is 6.00. The van der Waals surface area contributed by atoms with Crippen molar-refractivity contribution >= 4 is 11.8 Å². The Morgan fingerprint density at radius 3 is 2.67 bits per heavy atom. The summed E-state index contributed by atoms with van der Waals surface area (Å²) in [6.45, 7) is 2.83. The second-order valence-electron chi connectivity index (χ2n) is 5.28. The highest BCUT2D eigenvalue weighted by Gasteiger charge is 2.21. The molecule has 0 saturated carbocycles. The van der Waals surface area contributed by atoms with Gasteiger partial charge in [0.05, 0.1) is 17.9 Å². The number of nitrogens with two attached hydrogens (primary N) is 1. The number of likely N-dealkylation sites (N-methyl/N-ethyl adjacent to an activating group) is 1. The van der Waals surface area contributed by atoms with Crippen LogP contribution in [0.25, 0.3) is 5.69 Å². The number of hydrogen-bond acceptors (Lipinski definition) is 4. The van der Waals surface area contributed by atoms with E-state index >= 15 is 0 Å². The van der Waals surface area contributed by atoms with Crippen LogP contribution in [-0.2, 0) is 0 Å². The molecule has 2 aromatic rings. The monoisotopic (exact) mass is 304 g/mol. The van der Waals surface area contributed by atoms with Crippen LogP contribution in [0, 0.1) is 0 Å². The van der Waals surface area contributed by atoms with E-state index in [1.165, 1.54) is 0 Å². The fraction of sp³-hybridized carbons (Fsp3) is 0.438. The van der Waals surface area contributed by atoms with Crippen molar-refractivity contribution in [3.63, 3.8) is 0 Å². The van der Waals surface area contributed by atoms with Crippen LogP contribution < -0.4 is 5.73 Å². The van der Waals surface area contributed by atoms with Crippen LogP contribution in [0.2, 0.25) is 0 Å². The Bertz CT molecular complexity index is 540. The average molecular weight is 304 g/mol. The predicted octanol–water partition coefficient (Wildman–Crippen LogP) is 2.56. The molecule has 1 aromatic carbocycles. The summed E-state index contributed by atoms with van der Waals surface area (Å²) in [5, 5.41) is 4.47. The number of hydrogen-bond donors (Lipinski definition) is 1. The van der Waals surface area contributed by atoms with Crippen LogP contribution in [-0.4, -0.2) is 46.3 Å². The smallest absolute Gasteiger partial charge is 0.0645 e. The number of aromatic nitrogens is 2. The highest BCUT2D eigenvalue weighted by atomic mass is 32.2. The van der Waals surface area contributed by atoms with Crippen molar-refractivity contribution in [1.82, 2.24) is 14.7 Å². The SMILES string of the molecule is CSCC(C)N(C)C(CN)c1cnn(-c2ccccc2)c1. The first-order chi connectivity index (χ1) is 10.2. The third kappa shape index (κ3) is 3.87. The summed E-state index contributed by atoms with van der Waals surface area (Å²) in [6, 6.07) is 10.8. The molecule has 4 nitrogen and oxygen atoms in total. The lowest BCUT2D eigenvalue weighted by Crippen LogP contribution is -2.38. The molecule has 2 rings (SSSR count). The first-order valence-corrected chi connectivity index (χ1v) is 8.57. The van der Waals surface area contributed by atoms with Gasteiger partial charge in [-0.1, -0.05) is 18.2 Å². The normalized spacial score (nSPS) is 14.3. The molecule has 2 unspecified atom stereocenters. The van der Waals surface area contributed by atoms with Gasteiger partial charge in [-0.05, 0) is 32.4 Å². The maximum Gasteiger partial charge on any atom is 0.0645 e. The fourth-order valence-electron chi connectivity index (χ4n) is 2.43. The second kappa shape index (κ2) is 7.64. The topological polar surface area (TPSA) is 47.1 Å². The molecule has 0 bridgehead atoms. The lowest BCUT2D eigenvalue weighted by molar-refractivity contribution is 0.204. The molecule has 5 heteroatoms. The van der Waals surface area contributed by atoms with Crippen LogP contribution in [0.15, 0.2) is 42.7 Å². The van der Waals surface area contributed by atoms with Gasteiger partial charge >= 0.3 is 0 Å². The molecule has 0 amide bonds. The molecular formula is C16H24N4S. The highest BCUT2D eigenvalue weighted by molar-refractivity contribution is 7.98. The molecule has 0 aliphatic rings. The first kappa shape index (κ1) is 16.1. The molecule has 114 valence electrons. The van der Waals surface area contributed by atoms with Crippen molar-refractivity contribution in [2.75, 3.05) is 25.6 Å². The van der Waals surface area contributed by atoms with Crippen LogP contribution >= 0.6 is 11.8 Å². The van der Waals surface area contributed by atoms with Gasteiger partial charge < -0.3 is 5.73 Å². The summed E-state index contributed by atoms with van der Waals surface area (Å²) < 4.78 is 1.91. The number of rotatable bonds is 7. The molecule has 1 aromatic heterocycles. The lowest BCUT2D eigenvalue weighted by Gasteiger charge is -2.31. The molecule has 0 aliphatic heterocycles. The Balaban J connectivity index is 2.18. The zero-order valence-electron chi connectivity index (χ0n) is 12.9. The molecule has 0 spiro atoms. The first-order valence-electron chi connectivity index (χ1n) is 7.18. The van der Waals surface area contributed by atoms with E-state index in [1.54, 1.807) is 0 Å². The standard InChI is InChI=1S/C16H24N4S/c1-13(12-21-3)19(2)16(9-17)14-10-18-20(11-14)15-7-5-4-6-8-15/h4-8,10-11,13,16H,9,12,17H2,1-3H3. The van der Waals surface area contributed by atoms with E-state index in [1.807, 2.05) is 53.0 Å².